The third-order valence-corrected chi connectivity index (χ3v) is 5.27. The van der Waals surface area contributed by atoms with Crippen molar-refractivity contribution >= 4 is 5.91 Å². The molecule has 0 bridgehead atoms. The summed E-state index contributed by atoms with van der Waals surface area (Å²) in [5.74, 6) is 0.812. The standard InChI is InChI=1S/C19H27N3O3/c1-15-3-2-4-17(20-15)10-21-7-8-24-14-19(12-21)13-22(9-16-5-6-16)18(23)11-25-19/h2-4,16H,5-14H2,1H3/t19-/m1/s1. The second-order valence-corrected chi connectivity index (χ2v) is 7.72. The summed E-state index contributed by atoms with van der Waals surface area (Å²) in [6.45, 7) is 7.37. The molecule has 0 N–H and O–H groups in total. The van der Waals surface area contributed by atoms with Crippen LogP contribution in [0, 0.1) is 12.8 Å². The van der Waals surface area contributed by atoms with Gasteiger partial charge >= 0.3 is 0 Å². The lowest BCUT2D eigenvalue weighted by Gasteiger charge is -2.43. The maximum atomic E-state index is 12.2. The van der Waals surface area contributed by atoms with Gasteiger partial charge in [0.25, 0.3) is 0 Å². The highest BCUT2D eigenvalue weighted by molar-refractivity contribution is 5.78. The zero-order valence-electron chi connectivity index (χ0n) is 14.9. The number of carbonyl (C=O) groups is 1. The van der Waals surface area contributed by atoms with Crippen LogP contribution in [0.4, 0.5) is 0 Å². The SMILES string of the molecule is Cc1cccc(CN2CCOC[C@@]3(C2)CN(CC2CC2)C(=O)CO3)n1. The van der Waals surface area contributed by atoms with Gasteiger partial charge in [-0.1, -0.05) is 6.07 Å². The first-order chi connectivity index (χ1) is 12.1. The Kier molecular flexibility index (Phi) is 4.75. The van der Waals surface area contributed by atoms with Gasteiger partial charge in [0.2, 0.25) is 5.91 Å². The van der Waals surface area contributed by atoms with Crippen LogP contribution in [0.15, 0.2) is 18.2 Å². The molecule has 3 aliphatic rings. The second-order valence-electron chi connectivity index (χ2n) is 7.72. The molecule has 6 heteroatoms. The molecule has 3 heterocycles. The molecular formula is C19H27N3O3. The van der Waals surface area contributed by atoms with Crippen LogP contribution >= 0.6 is 0 Å². The zero-order valence-corrected chi connectivity index (χ0v) is 14.9. The Morgan fingerprint density at radius 2 is 2.20 bits per heavy atom. The molecule has 136 valence electrons. The average Bonchev–Trinajstić information content (AvgIpc) is 3.40. The van der Waals surface area contributed by atoms with Gasteiger partial charge in [0, 0.05) is 31.9 Å². The molecule has 1 spiro atoms. The van der Waals surface area contributed by atoms with E-state index in [9.17, 15) is 4.79 Å². The first-order valence-corrected chi connectivity index (χ1v) is 9.26. The normalized spacial score (nSPS) is 28.4. The van der Waals surface area contributed by atoms with Crippen LogP contribution in [0.3, 0.4) is 0 Å². The third kappa shape index (κ3) is 4.19. The van der Waals surface area contributed by atoms with E-state index in [4.69, 9.17) is 9.47 Å². The molecule has 1 aliphatic carbocycles. The zero-order chi connectivity index (χ0) is 17.3. The fourth-order valence-corrected chi connectivity index (χ4v) is 3.78. The molecule has 25 heavy (non-hydrogen) atoms. The predicted molar refractivity (Wildman–Crippen MR) is 93.1 cm³/mol. The maximum Gasteiger partial charge on any atom is 0.248 e. The van der Waals surface area contributed by atoms with E-state index < -0.39 is 5.60 Å². The molecule has 1 saturated carbocycles. The number of carbonyl (C=O) groups excluding carboxylic acids is 1. The molecule has 1 atom stereocenters. The van der Waals surface area contributed by atoms with Crippen molar-refractivity contribution < 1.29 is 14.3 Å². The minimum Gasteiger partial charge on any atom is -0.377 e. The largest absolute Gasteiger partial charge is 0.377 e. The molecule has 2 aliphatic heterocycles. The molecule has 0 aromatic carbocycles. The van der Waals surface area contributed by atoms with E-state index in [0.29, 0.717) is 25.7 Å². The second kappa shape index (κ2) is 7.02. The van der Waals surface area contributed by atoms with E-state index in [0.717, 1.165) is 37.6 Å². The first-order valence-electron chi connectivity index (χ1n) is 9.26. The Bertz CT molecular complexity index is 634. The van der Waals surface area contributed by atoms with Gasteiger partial charge in [-0.3, -0.25) is 14.7 Å². The van der Waals surface area contributed by atoms with Crippen molar-refractivity contribution in [1.29, 1.82) is 0 Å². The van der Waals surface area contributed by atoms with Crippen molar-refractivity contribution in [1.82, 2.24) is 14.8 Å². The molecule has 3 fully saturated rings. The topological polar surface area (TPSA) is 54.9 Å². The molecular weight excluding hydrogens is 318 g/mol. The number of aryl methyl sites for hydroxylation is 1. The van der Waals surface area contributed by atoms with E-state index in [2.05, 4.69) is 22.0 Å². The van der Waals surface area contributed by atoms with Gasteiger partial charge in [-0.05, 0) is 37.8 Å². The lowest BCUT2D eigenvalue weighted by atomic mass is 10.0. The van der Waals surface area contributed by atoms with E-state index in [1.54, 1.807) is 0 Å². The molecule has 1 amide bonds. The van der Waals surface area contributed by atoms with Gasteiger partial charge in [-0.2, -0.15) is 0 Å². The Hall–Kier alpha value is -1.50. The van der Waals surface area contributed by atoms with Gasteiger partial charge in [0.1, 0.15) is 12.2 Å². The highest BCUT2D eigenvalue weighted by atomic mass is 16.6. The first kappa shape index (κ1) is 16.9. The van der Waals surface area contributed by atoms with Gasteiger partial charge in [-0.15, -0.1) is 0 Å². The van der Waals surface area contributed by atoms with Crippen LogP contribution in [-0.4, -0.2) is 72.3 Å². The number of pyridine rings is 1. The van der Waals surface area contributed by atoms with Crippen LogP contribution in [-0.2, 0) is 20.8 Å². The van der Waals surface area contributed by atoms with Crippen molar-refractivity contribution in [3.8, 4) is 0 Å². The van der Waals surface area contributed by atoms with Crippen molar-refractivity contribution in [2.45, 2.75) is 31.9 Å². The van der Waals surface area contributed by atoms with Gasteiger partial charge in [-0.25, -0.2) is 0 Å². The minimum absolute atomic E-state index is 0.119. The smallest absolute Gasteiger partial charge is 0.248 e. The van der Waals surface area contributed by atoms with Gasteiger partial charge in [0.05, 0.1) is 25.5 Å². The highest BCUT2D eigenvalue weighted by Gasteiger charge is 2.43. The summed E-state index contributed by atoms with van der Waals surface area (Å²) in [4.78, 5) is 21.2. The molecule has 1 aromatic heterocycles. The minimum atomic E-state index is -0.414. The number of amides is 1. The summed E-state index contributed by atoms with van der Waals surface area (Å²) in [7, 11) is 0. The number of aromatic nitrogens is 1. The Morgan fingerprint density at radius 3 is 3.00 bits per heavy atom. The van der Waals surface area contributed by atoms with Crippen molar-refractivity contribution in [3.63, 3.8) is 0 Å². The highest BCUT2D eigenvalue weighted by Crippen LogP contribution is 2.32. The molecule has 4 rings (SSSR count). The molecule has 6 nitrogen and oxygen atoms in total. The Labute approximate surface area is 149 Å². The molecule has 1 aromatic rings. The van der Waals surface area contributed by atoms with Crippen LogP contribution in [0.5, 0.6) is 0 Å². The van der Waals surface area contributed by atoms with Gasteiger partial charge in [0.15, 0.2) is 0 Å². The Balaban J connectivity index is 1.45. The summed E-state index contributed by atoms with van der Waals surface area (Å²) in [5.41, 5.74) is 1.69. The summed E-state index contributed by atoms with van der Waals surface area (Å²) < 4.78 is 11.9. The van der Waals surface area contributed by atoms with Crippen LogP contribution < -0.4 is 0 Å². The molecule has 0 unspecified atom stereocenters. The summed E-state index contributed by atoms with van der Waals surface area (Å²) in [6.07, 6.45) is 2.50. The van der Waals surface area contributed by atoms with Crippen molar-refractivity contribution in [2.75, 3.05) is 46.0 Å². The van der Waals surface area contributed by atoms with E-state index in [1.165, 1.54) is 12.8 Å². The number of hydrogen-bond acceptors (Lipinski definition) is 5. The van der Waals surface area contributed by atoms with E-state index in [1.807, 2.05) is 17.9 Å². The lowest BCUT2D eigenvalue weighted by Crippen LogP contribution is -2.60. The van der Waals surface area contributed by atoms with E-state index >= 15 is 0 Å². The summed E-state index contributed by atoms with van der Waals surface area (Å²) >= 11 is 0. The van der Waals surface area contributed by atoms with Gasteiger partial charge < -0.3 is 14.4 Å². The summed E-state index contributed by atoms with van der Waals surface area (Å²) in [5, 5.41) is 0. The number of nitrogens with zero attached hydrogens (tertiary/aromatic N) is 3. The molecule has 2 saturated heterocycles. The summed E-state index contributed by atoms with van der Waals surface area (Å²) in [6, 6.07) is 6.13. The van der Waals surface area contributed by atoms with Crippen molar-refractivity contribution in [3.05, 3.63) is 29.6 Å². The van der Waals surface area contributed by atoms with Crippen LogP contribution in [0.25, 0.3) is 0 Å². The third-order valence-electron chi connectivity index (χ3n) is 5.27. The number of ether oxygens (including phenoxy) is 2. The van der Waals surface area contributed by atoms with Crippen molar-refractivity contribution in [2.24, 2.45) is 5.92 Å². The Morgan fingerprint density at radius 1 is 1.32 bits per heavy atom. The number of hydrogen-bond donors (Lipinski definition) is 0. The van der Waals surface area contributed by atoms with Crippen LogP contribution in [0.1, 0.15) is 24.2 Å². The monoisotopic (exact) mass is 345 g/mol. The predicted octanol–water partition coefficient (Wildman–Crippen LogP) is 1.23. The number of morpholine rings is 1. The maximum absolute atomic E-state index is 12.2. The fraction of sp³-hybridized carbons (Fsp3) is 0.684. The average molecular weight is 345 g/mol. The van der Waals surface area contributed by atoms with E-state index in [-0.39, 0.29) is 12.5 Å². The number of rotatable bonds is 4. The lowest BCUT2D eigenvalue weighted by molar-refractivity contribution is -0.173. The molecule has 0 radical (unpaired) electrons. The quantitative estimate of drug-likeness (QED) is 0.822. The fourth-order valence-electron chi connectivity index (χ4n) is 3.78. The van der Waals surface area contributed by atoms with Crippen LogP contribution in [0.2, 0.25) is 0 Å².